The van der Waals surface area contributed by atoms with E-state index in [1.807, 2.05) is 6.92 Å². The zero-order chi connectivity index (χ0) is 7.98. The summed E-state index contributed by atoms with van der Waals surface area (Å²) in [4.78, 5) is 10.4. The van der Waals surface area contributed by atoms with Crippen LogP contribution in [-0.4, -0.2) is 25.0 Å². The first-order chi connectivity index (χ1) is 4.66. The molecule has 0 heterocycles. The van der Waals surface area contributed by atoms with Crippen LogP contribution < -0.4 is 5.73 Å². The summed E-state index contributed by atoms with van der Waals surface area (Å²) in [6, 6.07) is 0. The standard InChI is InChI=1S/C7H15NO2/c1-6(9)3-4-10-7(2)5-8/h7H,3-5,8H2,1-2H3. The predicted molar refractivity (Wildman–Crippen MR) is 39.8 cm³/mol. The first-order valence-corrected chi connectivity index (χ1v) is 3.48. The summed E-state index contributed by atoms with van der Waals surface area (Å²) in [5.74, 6) is 0.157. The molecule has 0 saturated heterocycles. The van der Waals surface area contributed by atoms with E-state index in [1.54, 1.807) is 6.92 Å². The van der Waals surface area contributed by atoms with E-state index in [1.165, 1.54) is 0 Å². The van der Waals surface area contributed by atoms with Gasteiger partial charge in [0.15, 0.2) is 0 Å². The van der Waals surface area contributed by atoms with Gasteiger partial charge in [-0.05, 0) is 13.8 Å². The molecule has 0 amide bonds. The molecule has 1 atom stereocenters. The van der Waals surface area contributed by atoms with E-state index >= 15 is 0 Å². The van der Waals surface area contributed by atoms with Gasteiger partial charge in [-0.25, -0.2) is 0 Å². The summed E-state index contributed by atoms with van der Waals surface area (Å²) in [6.07, 6.45) is 0.559. The molecule has 0 spiro atoms. The smallest absolute Gasteiger partial charge is 0.132 e. The average Bonchev–Trinajstić information content (AvgIpc) is 1.87. The Kier molecular flexibility index (Phi) is 5.16. The molecular weight excluding hydrogens is 130 g/mol. The molecule has 0 aromatic rings. The zero-order valence-corrected chi connectivity index (χ0v) is 6.59. The van der Waals surface area contributed by atoms with E-state index in [9.17, 15) is 4.79 Å². The van der Waals surface area contributed by atoms with Crippen molar-refractivity contribution in [3.05, 3.63) is 0 Å². The number of ketones is 1. The lowest BCUT2D eigenvalue weighted by atomic mass is 10.3. The van der Waals surface area contributed by atoms with Crippen molar-refractivity contribution in [1.82, 2.24) is 0 Å². The van der Waals surface area contributed by atoms with Crippen LogP contribution in [0.1, 0.15) is 20.3 Å². The lowest BCUT2D eigenvalue weighted by Crippen LogP contribution is -2.21. The van der Waals surface area contributed by atoms with E-state index in [4.69, 9.17) is 10.5 Å². The van der Waals surface area contributed by atoms with Gasteiger partial charge >= 0.3 is 0 Å². The molecule has 0 aliphatic heterocycles. The maximum absolute atomic E-state index is 10.4. The summed E-state index contributed by atoms with van der Waals surface area (Å²) < 4.78 is 5.16. The molecule has 0 aliphatic rings. The first kappa shape index (κ1) is 9.59. The average molecular weight is 145 g/mol. The molecule has 0 aromatic carbocycles. The second-order valence-electron chi connectivity index (χ2n) is 2.37. The lowest BCUT2D eigenvalue weighted by Gasteiger charge is -2.08. The second-order valence-corrected chi connectivity index (χ2v) is 2.37. The number of hydrogen-bond donors (Lipinski definition) is 1. The number of ether oxygens (including phenoxy) is 1. The fourth-order valence-electron chi connectivity index (χ4n) is 0.472. The molecule has 0 aromatic heterocycles. The van der Waals surface area contributed by atoms with Crippen molar-refractivity contribution in [2.75, 3.05) is 13.2 Å². The molecule has 0 aliphatic carbocycles. The van der Waals surface area contributed by atoms with Crippen molar-refractivity contribution in [3.63, 3.8) is 0 Å². The monoisotopic (exact) mass is 145 g/mol. The predicted octanol–water partition coefficient (Wildman–Crippen LogP) is 0.329. The van der Waals surface area contributed by atoms with Gasteiger partial charge in [0.25, 0.3) is 0 Å². The van der Waals surface area contributed by atoms with Gasteiger partial charge in [-0.15, -0.1) is 0 Å². The number of nitrogens with two attached hydrogens (primary N) is 1. The number of hydrogen-bond acceptors (Lipinski definition) is 3. The van der Waals surface area contributed by atoms with Crippen LogP contribution in [-0.2, 0) is 9.53 Å². The molecule has 2 N–H and O–H groups in total. The minimum atomic E-state index is 0.0688. The molecule has 3 nitrogen and oxygen atoms in total. The fraction of sp³-hybridized carbons (Fsp3) is 0.857. The van der Waals surface area contributed by atoms with Crippen LogP contribution in [0.3, 0.4) is 0 Å². The zero-order valence-electron chi connectivity index (χ0n) is 6.59. The molecule has 0 bridgehead atoms. The Morgan fingerprint density at radius 3 is 2.70 bits per heavy atom. The Morgan fingerprint density at radius 1 is 1.70 bits per heavy atom. The third-order valence-electron chi connectivity index (χ3n) is 1.19. The third-order valence-corrected chi connectivity index (χ3v) is 1.19. The lowest BCUT2D eigenvalue weighted by molar-refractivity contribution is -0.118. The second kappa shape index (κ2) is 5.38. The number of Topliss-reactive ketones (excluding diaryl/α,β-unsaturated/α-hetero) is 1. The van der Waals surface area contributed by atoms with Crippen LogP contribution in [0.15, 0.2) is 0 Å². The van der Waals surface area contributed by atoms with Crippen LogP contribution in [0.25, 0.3) is 0 Å². The first-order valence-electron chi connectivity index (χ1n) is 3.48. The summed E-state index contributed by atoms with van der Waals surface area (Å²) in [5, 5.41) is 0. The number of rotatable bonds is 5. The molecule has 3 heteroatoms. The Hall–Kier alpha value is -0.410. The molecule has 0 fully saturated rings. The quantitative estimate of drug-likeness (QED) is 0.606. The van der Waals surface area contributed by atoms with Crippen molar-refractivity contribution in [1.29, 1.82) is 0 Å². The molecule has 0 saturated carbocycles. The van der Waals surface area contributed by atoms with Crippen LogP contribution in [0.5, 0.6) is 0 Å². The Bertz CT molecular complexity index is 104. The van der Waals surface area contributed by atoms with Gasteiger partial charge in [0.1, 0.15) is 5.78 Å². The van der Waals surface area contributed by atoms with Crippen LogP contribution >= 0.6 is 0 Å². The van der Waals surface area contributed by atoms with E-state index in [2.05, 4.69) is 0 Å². The highest BCUT2D eigenvalue weighted by atomic mass is 16.5. The molecular formula is C7H15NO2. The largest absolute Gasteiger partial charge is 0.377 e. The maximum Gasteiger partial charge on any atom is 0.132 e. The summed E-state index contributed by atoms with van der Waals surface area (Å²) in [5.41, 5.74) is 5.28. The highest BCUT2D eigenvalue weighted by molar-refractivity contribution is 5.75. The van der Waals surface area contributed by atoms with Gasteiger partial charge in [-0.2, -0.15) is 0 Å². The van der Waals surface area contributed by atoms with Gasteiger partial charge in [-0.1, -0.05) is 0 Å². The topological polar surface area (TPSA) is 52.3 Å². The van der Waals surface area contributed by atoms with Crippen LogP contribution in [0.4, 0.5) is 0 Å². The minimum absolute atomic E-state index is 0.0688. The number of carbonyl (C=O) groups is 1. The van der Waals surface area contributed by atoms with E-state index < -0.39 is 0 Å². The van der Waals surface area contributed by atoms with Gasteiger partial charge in [0, 0.05) is 13.0 Å². The molecule has 0 radical (unpaired) electrons. The van der Waals surface area contributed by atoms with Crippen molar-refractivity contribution in [2.45, 2.75) is 26.4 Å². The van der Waals surface area contributed by atoms with E-state index in [-0.39, 0.29) is 11.9 Å². The minimum Gasteiger partial charge on any atom is -0.377 e. The highest BCUT2D eigenvalue weighted by Crippen LogP contribution is 1.90. The van der Waals surface area contributed by atoms with Crippen LogP contribution in [0.2, 0.25) is 0 Å². The Morgan fingerprint density at radius 2 is 2.30 bits per heavy atom. The van der Waals surface area contributed by atoms with E-state index in [0.29, 0.717) is 19.6 Å². The van der Waals surface area contributed by atoms with Crippen molar-refractivity contribution < 1.29 is 9.53 Å². The van der Waals surface area contributed by atoms with Crippen molar-refractivity contribution in [3.8, 4) is 0 Å². The SMILES string of the molecule is CC(=O)CCOC(C)CN. The Balaban J connectivity index is 3.11. The van der Waals surface area contributed by atoms with Gasteiger partial charge in [-0.3, -0.25) is 4.79 Å². The fourth-order valence-corrected chi connectivity index (χ4v) is 0.472. The number of carbonyl (C=O) groups excluding carboxylic acids is 1. The van der Waals surface area contributed by atoms with Gasteiger partial charge in [0.2, 0.25) is 0 Å². The molecule has 0 rings (SSSR count). The van der Waals surface area contributed by atoms with Gasteiger partial charge < -0.3 is 10.5 Å². The van der Waals surface area contributed by atoms with Crippen molar-refractivity contribution >= 4 is 5.78 Å². The van der Waals surface area contributed by atoms with E-state index in [0.717, 1.165) is 0 Å². The summed E-state index contributed by atoms with van der Waals surface area (Å²) in [7, 11) is 0. The molecule has 60 valence electrons. The van der Waals surface area contributed by atoms with Crippen LogP contribution in [0, 0.1) is 0 Å². The molecule has 1 unspecified atom stereocenters. The van der Waals surface area contributed by atoms with Gasteiger partial charge in [0.05, 0.1) is 12.7 Å². The summed E-state index contributed by atoms with van der Waals surface area (Å²) in [6.45, 7) is 4.45. The normalized spacial score (nSPS) is 13.1. The maximum atomic E-state index is 10.4. The summed E-state index contributed by atoms with van der Waals surface area (Å²) >= 11 is 0. The third kappa shape index (κ3) is 5.72. The molecule has 10 heavy (non-hydrogen) atoms. The highest BCUT2D eigenvalue weighted by Gasteiger charge is 1.98. The Labute approximate surface area is 61.5 Å². The van der Waals surface area contributed by atoms with Crippen molar-refractivity contribution in [2.24, 2.45) is 5.73 Å².